The highest BCUT2D eigenvalue weighted by molar-refractivity contribution is 5.98. The molecule has 0 aliphatic heterocycles. The molecule has 7 nitrogen and oxygen atoms in total. The molecule has 0 atom stereocenters. The fourth-order valence-electron chi connectivity index (χ4n) is 2.32. The van der Waals surface area contributed by atoms with E-state index in [1.54, 1.807) is 39.0 Å². The van der Waals surface area contributed by atoms with E-state index in [1.165, 1.54) is 6.07 Å². The standard InChI is InChI=1S/C21H25N3O4.H2/c1-21(2,3)28-18(25)14-22-19(26)16-10-7-11-17(12-16)24-20(27)23-13-15-8-5-4-6-9-15;/h4-12H,13-14H2,1-3H3,(H,22,26)(H2,23,24,27);1H. The van der Waals surface area contributed by atoms with Crippen LogP contribution in [0.2, 0.25) is 0 Å². The number of ether oxygens (including phenoxy) is 1. The molecule has 2 rings (SSSR count). The van der Waals surface area contributed by atoms with Crippen molar-refractivity contribution >= 4 is 23.6 Å². The van der Waals surface area contributed by atoms with E-state index in [1.807, 2.05) is 30.3 Å². The molecule has 0 bridgehead atoms. The van der Waals surface area contributed by atoms with Crippen LogP contribution in [0, 0.1) is 0 Å². The Balaban J connectivity index is 0.00000420. The summed E-state index contributed by atoms with van der Waals surface area (Å²) in [6.45, 7) is 5.42. The number of hydrogen-bond donors (Lipinski definition) is 3. The molecule has 150 valence electrons. The van der Waals surface area contributed by atoms with Crippen LogP contribution >= 0.6 is 0 Å². The second-order valence-corrected chi connectivity index (χ2v) is 7.14. The largest absolute Gasteiger partial charge is 0.459 e. The smallest absolute Gasteiger partial charge is 0.325 e. The van der Waals surface area contributed by atoms with Crippen LogP contribution in [0.15, 0.2) is 54.6 Å². The van der Waals surface area contributed by atoms with Crippen LogP contribution in [0.5, 0.6) is 0 Å². The van der Waals surface area contributed by atoms with Gasteiger partial charge in [0.05, 0.1) is 0 Å². The van der Waals surface area contributed by atoms with Crippen molar-refractivity contribution in [3.63, 3.8) is 0 Å². The van der Waals surface area contributed by atoms with Crippen LogP contribution in [0.1, 0.15) is 38.1 Å². The molecular weight excluding hydrogens is 358 g/mol. The van der Waals surface area contributed by atoms with Crippen molar-refractivity contribution in [1.82, 2.24) is 10.6 Å². The first kappa shape index (κ1) is 21.0. The van der Waals surface area contributed by atoms with E-state index in [2.05, 4.69) is 16.0 Å². The predicted octanol–water partition coefficient (Wildman–Crippen LogP) is 3.33. The van der Waals surface area contributed by atoms with E-state index in [4.69, 9.17) is 4.74 Å². The number of rotatable bonds is 6. The molecule has 0 unspecified atom stereocenters. The Morgan fingerprint density at radius 1 is 0.964 bits per heavy atom. The lowest BCUT2D eigenvalue weighted by Crippen LogP contribution is -2.34. The topological polar surface area (TPSA) is 96.5 Å². The minimum Gasteiger partial charge on any atom is -0.459 e. The van der Waals surface area contributed by atoms with Crippen molar-refractivity contribution in [2.75, 3.05) is 11.9 Å². The van der Waals surface area contributed by atoms with Gasteiger partial charge in [-0.1, -0.05) is 36.4 Å². The third kappa shape index (κ3) is 7.49. The summed E-state index contributed by atoms with van der Waals surface area (Å²) in [6, 6.07) is 15.6. The van der Waals surface area contributed by atoms with Crippen LogP contribution in [0.25, 0.3) is 0 Å². The summed E-state index contributed by atoms with van der Waals surface area (Å²) in [5.74, 6) is -0.949. The lowest BCUT2D eigenvalue weighted by molar-refractivity contribution is -0.153. The summed E-state index contributed by atoms with van der Waals surface area (Å²) in [5, 5.41) is 7.93. The number of hydrogen-bond acceptors (Lipinski definition) is 4. The molecular formula is C21H27N3O4. The van der Waals surface area contributed by atoms with Gasteiger partial charge in [-0.15, -0.1) is 0 Å². The molecule has 2 aromatic rings. The summed E-state index contributed by atoms with van der Waals surface area (Å²) in [4.78, 5) is 35.9. The summed E-state index contributed by atoms with van der Waals surface area (Å²) in [6.07, 6.45) is 0. The molecule has 0 aliphatic carbocycles. The van der Waals surface area contributed by atoms with Gasteiger partial charge in [0.2, 0.25) is 0 Å². The van der Waals surface area contributed by atoms with Crippen molar-refractivity contribution in [3.8, 4) is 0 Å². The van der Waals surface area contributed by atoms with Gasteiger partial charge in [-0.3, -0.25) is 9.59 Å². The SMILES string of the molecule is CC(C)(C)OC(=O)CNC(=O)c1cccc(NC(=O)NCc2ccccc2)c1.[HH]. The summed E-state index contributed by atoms with van der Waals surface area (Å²) in [7, 11) is 0. The monoisotopic (exact) mass is 385 g/mol. The van der Waals surface area contributed by atoms with Crippen LogP contribution in [0.4, 0.5) is 10.5 Å². The Morgan fingerprint density at radius 3 is 2.36 bits per heavy atom. The molecule has 0 saturated heterocycles. The molecule has 0 aromatic heterocycles. The Morgan fingerprint density at radius 2 is 1.68 bits per heavy atom. The third-order valence-electron chi connectivity index (χ3n) is 3.49. The number of nitrogens with one attached hydrogen (secondary N) is 3. The Kier molecular flexibility index (Phi) is 7.14. The number of esters is 1. The average Bonchev–Trinajstić information content (AvgIpc) is 2.64. The Labute approximate surface area is 166 Å². The zero-order valence-electron chi connectivity index (χ0n) is 16.2. The van der Waals surface area contributed by atoms with Gasteiger partial charge in [0, 0.05) is 19.2 Å². The summed E-state index contributed by atoms with van der Waals surface area (Å²) < 4.78 is 5.14. The van der Waals surface area contributed by atoms with Gasteiger partial charge in [-0.05, 0) is 44.5 Å². The van der Waals surface area contributed by atoms with Crippen molar-refractivity contribution in [3.05, 3.63) is 65.7 Å². The van der Waals surface area contributed by atoms with Crippen LogP contribution in [-0.4, -0.2) is 30.1 Å². The number of carbonyl (C=O) groups is 3. The number of amides is 3. The summed E-state index contributed by atoms with van der Waals surface area (Å²) >= 11 is 0. The number of anilines is 1. The van der Waals surface area contributed by atoms with E-state index < -0.39 is 17.5 Å². The molecule has 28 heavy (non-hydrogen) atoms. The Bertz CT molecular complexity index is 835. The highest BCUT2D eigenvalue weighted by Gasteiger charge is 2.17. The minimum absolute atomic E-state index is 0. The first-order valence-electron chi connectivity index (χ1n) is 8.92. The Hall–Kier alpha value is -3.35. The number of carbonyl (C=O) groups excluding carboxylic acids is 3. The van der Waals surface area contributed by atoms with Crippen molar-refractivity contribution in [2.45, 2.75) is 32.9 Å². The average molecular weight is 385 g/mol. The zero-order chi connectivity index (χ0) is 20.6. The molecule has 0 spiro atoms. The van der Waals surface area contributed by atoms with Gasteiger partial charge in [-0.25, -0.2) is 4.79 Å². The maximum absolute atomic E-state index is 12.2. The van der Waals surface area contributed by atoms with Crippen LogP contribution in [-0.2, 0) is 16.1 Å². The molecule has 0 aliphatic rings. The van der Waals surface area contributed by atoms with Gasteiger partial charge in [0.1, 0.15) is 12.1 Å². The highest BCUT2D eigenvalue weighted by atomic mass is 16.6. The number of urea groups is 1. The molecule has 0 radical (unpaired) electrons. The minimum atomic E-state index is -0.612. The van der Waals surface area contributed by atoms with E-state index in [9.17, 15) is 14.4 Å². The lowest BCUT2D eigenvalue weighted by atomic mass is 10.2. The second kappa shape index (κ2) is 9.55. The van der Waals surface area contributed by atoms with Crippen molar-refractivity contribution < 1.29 is 20.5 Å². The highest BCUT2D eigenvalue weighted by Crippen LogP contribution is 2.11. The maximum atomic E-state index is 12.2. The molecule has 0 saturated carbocycles. The van der Waals surface area contributed by atoms with Gasteiger partial charge >= 0.3 is 12.0 Å². The van der Waals surface area contributed by atoms with Crippen molar-refractivity contribution in [2.24, 2.45) is 0 Å². The predicted molar refractivity (Wildman–Crippen MR) is 109 cm³/mol. The first-order chi connectivity index (χ1) is 13.2. The van der Waals surface area contributed by atoms with Crippen LogP contribution in [0.3, 0.4) is 0 Å². The number of benzene rings is 2. The lowest BCUT2D eigenvalue weighted by Gasteiger charge is -2.19. The van der Waals surface area contributed by atoms with Gasteiger partial charge < -0.3 is 20.7 Å². The molecule has 3 N–H and O–H groups in total. The van der Waals surface area contributed by atoms with Crippen LogP contribution < -0.4 is 16.0 Å². The van der Waals surface area contributed by atoms with Gasteiger partial charge in [-0.2, -0.15) is 0 Å². The van der Waals surface area contributed by atoms with Gasteiger partial charge in [0.15, 0.2) is 0 Å². The maximum Gasteiger partial charge on any atom is 0.325 e. The van der Waals surface area contributed by atoms with E-state index >= 15 is 0 Å². The molecule has 0 heterocycles. The van der Waals surface area contributed by atoms with Crippen molar-refractivity contribution in [1.29, 1.82) is 0 Å². The first-order valence-corrected chi connectivity index (χ1v) is 8.92. The van der Waals surface area contributed by atoms with Gasteiger partial charge in [0.25, 0.3) is 5.91 Å². The van der Waals surface area contributed by atoms with E-state index in [0.29, 0.717) is 17.8 Å². The quantitative estimate of drug-likeness (QED) is 0.665. The fourth-order valence-corrected chi connectivity index (χ4v) is 2.32. The second-order valence-electron chi connectivity index (χ2n) is 7.14. The molecule has 2 aromatic carbocycles. The van der Waals surface area contributed by atoms with E-state index in [-0.39, 0.29) is 14.0 Å². The molecule has 3 amide bonds. The third-order valence-corrected chi connectivity index (χ3v) is 3.49. The zero-order valence-corrected chi connectivity index (χ0v) is 16.2. The molecule has 7 heteroatoms. The molecule has 0 fully saturated rings. The van der Waals surface area contributed by atoms with E-state index in [0.717, 1.165) is 5.56 Å². The normalized spacial score (nSPS) is 10.7. The summed E-state index contributed by atoms with van der Waals surface area (Å²) in [5.41, 5.74) is 1.16. The fraction of sp³-hybridized carbons (Fsp3) is 0.286.